The fourth-order valence-corrected chi connectivity index (χ4v) is 10.6. The van der Waals surface area contributed by atoms with Gasteiger partial charge in [-0.3, -0.25) is 0 Å². The topological polar surface area (TPSA) is 0 Å². The van der Waals surface area contributed by atoms with Gasteiger partial charge < -0.3 is 0 Å². The Bertz CT molecular complexity index is 3010. The second kappa shape index (κ2) is 11.0. The maximum atomic E-state index is 2.52. The molecule has 1 aromatic heterocycles. The standard InChI is InChI=1S/C51H34S/c1-51(2)43-30-34(28-29-41(43)47-48-42-22-12-13-23-44(42)52-50(48)40-21-11-10-20-39(40)49(47)51)46-37-18-8-6-16-35(37)45(36-17-7-9-19-38(36)46)33-26-24-32(25-27-33)31-14-4-3-5-15-31/h3-30H,1-2H3. The minimum atomic E-state index is -0.177. The van der Waals surface area contributed by atoms with Crippen LogP contribution in [0.5, 0.6) is 0 Å². The highest BCUT2D eigenvalue weighted by Crippen LogP contribution is 2.58. The van der Waals surface area contributed by atoms with E-state index in [1.54, 1.807) is 0 Å². The number of rotatable bonds is 3. The first kappa shape index (κ1) is 29.7. The average molecular weight is 679 g/mol. The van der Waals surface area contributed by atoms with Crippen LogP contribution in [-0.4, -0.2) is 0 Å². The van der Waals surface area contributed by atoms with Crippen molar-refractivity contribution in [3.63, 3.8) is 0 Å². The van der Waals surface area contributed by atoms with Crippen molar-refractivity contribution in [2.24, 2.45) is 0 Å². The van der Waals surface area contributed by atoms with E-state index in [2.05, 4.69) is 184 Å². The molecule has 0 amide bonds. The second-order valence-corrected chi connectivity index (χ2v) is 15.8. The third-order valence-corrected chi connectivity index (χ3v) is 12.8. The fourth-order valence-electron chi connectivity index (χ4n) is 9.34. The van der Waals surface area contributed by atoms with Gasteiger partial charge in [0.25, 0.3) is 0 Å². The summed E-state index contributed by atoms with van der Waals surface area (Å²) in [7, 11) is 0. The molecule has 0 nitrogen and oxygen atoms in total. The lowest BCUT2D eigenvalue weighted by molar-refractivity contribution is 0.667. The summed E-state index contributed by atoms with van der Waals surface area (Å²) in [6, 6.07) is 63.2. The summed E-state index contributed by atoms with van der Waals surface area (Å²) >= 11 is 1.93. The molecule has 1 aliphatic carbocycles. The molecule has 0 saturated carbocycles. The minimum Gasteiger partial charge on any atom is -0.135 e. The van der Waals surface area contributed by atoms with Gasteiger partial charge in [0.15, 0.2) is 0 Å². The van der Waals surface area contributed by atoms with Gasteiger partial charge >= 0.3 is 0 Å². The lowest BCUT2D eigenvalue weighted by Gasteiger charge is -2.24. The van der Waals surface area contributed by atoms with Crippen molar-refractivity contribution in [1.29, 1.82) is 0 Å². The summed E-state index contributed by atoms with van der Waals surface area (Å²) in [5.41, 5.74) is 13.0. The molecule has 0 spiro atoms. The van der Waals surface area contributed by atoms with E-state index >= 15 is 0 Å². The molecular formula is C51H34S. The largest absolute Gasteiger partial charge is 0.135 e. The predicted octanol–water partition coefficient (Wildman–Crippen LogP) is 14.8. The van der Waals surface area contributed by atoms with Crippen molar-refractivity contribution in [3.05, 3.63) is 181 Å². The molecule has 0 fully saturated rings. The maximum Gasteiger partial charge on any atom is 0.0440 e. The van der Waals surface area contributed by atoms with Gasteiger partial charge in [-0.2, -0.15) is 0 Å². The lowest BCUT2D eigenvalue weighted by Crippen LogP contribution is -2.15. The van der Waals surface area contributed by atoms with Crippen LogP contribution in [0.2, 0.25) is 0 Å². The molecule has 0 atom stereocenters. The lowest BCUT2D eigenvalue weighted by atomic mass is 9.78. The van der Waals surface area contributed by atoms with E-state index in [0.29, 0.717) is 0 Å². The highest BCUT2D eigenvalue weighted by molar-refractivity contribution is 7.26. The van der Waals surface area contributed by atoms with Gasteiger partial charge in [0.2, 0.25) is 0 Å². The van der Waals surface area contributed by atoms with Crippen LogP contribution in [-0.2, 0) is 5.41 Å². The van der Waals surface area contributed by atoms with E-state index in [1.807, 2.05) is 11.3 Å². The normalized spacial score (nSPS) is 13.3. The Morgan fingerprint density at radius 3 is 1.52 bits per heavy atom. The van der Waals surface area contributed by atoms with Crippen molar-refractivity contribution >= 4 is 63.8 Å². The van der Waals surface area contributed by atoms with E-state index in [9.17, 15) is 0 Å². The number of hydrogen-bond donors (Lipinski definition) is 0. The first-order chi connectivity index (χ1) is 25.6. The Labute approximate surface area is 307 Å². The number of fused-ring (bicyclic) bond motifs is 12. The third-order valence-electron chi connectivity index (χ3n) is 11.6. The average Bonchev–Trinajstić information content (AvgIpc) is 3.70. The Balaban J connectivity index is 1.16. The summed E-state index contributed by atoms with van der Waals surface area (Å²) in [5, 5.41) is 10.6. The molecule has 11 rings (SSSR count). The van der Waals surface area contributed by atoms with Gasteiger partial charge in [-0.05, 0) is 100 Å². The van der Waals surface area contributed by atoms with Crippen molar-refractivity contribution in [2.75, 3.05) is 0 Å². The molecule has 244 valence electrons. The number of benzene rings is 9. The molecule has 52 heavy (non-hydrogen) atoms. The van der Waals surface area contributed by atoms with Gasteiger partial charge in [-0.15, -0.1) is 11.3 Å². The first-order valence-corrected chi connectivity index (χ1v) is 19.0. The van der Waals surface area contributed by atoms with Crippen molar-refractivity contribution in [2.45, 2.75) is 19.3 Å². The monoisotopic (exact) mass is 678 g/mol. The van der Waals surface area contributed by atoms with Crippen LogP contribution in [0.1, 0.15) is 25.0 Å². The third kappa shape index (κ3) is 4.09. The maximum absolute atomic E-state index is 2.52. The smallest absolute Gasteiger partial charge is 0.0440 e. The fraction of sp³-hybridized carbons (Fsp3) is 0.0588. The van der Waals surface area contributed by atoms with Gasteiger partial charge in [-0.25, -0.2) is 0 Å². The molecule has 1 aliphatic rings. The van der Waals surface area contributed by atoms with Crippen LogP contribution in [0, 0.1) is 0 Å². The minimum absolute atomic E-state index is 0.177. The highest BCUT2D eigenvalue weighted by atomic mass is 32.1. The molecule has 0 bridgehead atoms. The number of hydrogen-bond acceptors (Lipinski definition) is 1. The number of thiophene rings is 1. The second-order valence-electron chi connectivity index (χ2n) is 14.8. The van der Waals surface area contributed by atoms with Crippen LogP contribution in [0.4, 0.5) is 0 Å². The molecule has 0 unspecified atom stereocenters. The summed E-state index contributed by atoms with van der Waals surface area (Å²) in [6.07, 6.45) is 0. The zero-order valence-electron chi connectivity index (χ0n) is 29.1. The summed E-state index contributed by atoms with van der Waals surface area (Å²) in [6.45, 7) is 4.87. The van der Waals surface area contributed by atoms with E-state index in [0.717, 1.165) is 0 Å². The Hall–Kier alpha value is -6.02. The molecule has 0 aliphatic heterocycles. The van der Waals surface area contributed by atoms with Crippen LogP contribution in [0.25, 0.3) is 97.0 Å². The van der Waals surface area contributed by atoms with Crippen molar-refractivity contribution < 1.29 is 0 Å². The molecule has 9 aromatic carbocycles. The summed E-state index contributed by atoms with van der Waals surface area (Å²) < 4.78 is 2.75. The zero-order valence-corrected chi connectivity index (χ0v) is 29.9. The van der Waals surface area contributed by atoms with E-state index in [-0.39, 0.29) is 5.41 Å². The van der Waals surface area contributed by atoms with Crippen LogP contribution in [0.3, 0.4) is 0 Å². The molecule has 1 heterocycles. The van der Waals surface area contributed by atoms with Crippen molar-refractivity contribution in [3.8, 4) is 44.5 Å². The molecule has 10 aromatic rings. The Morgan fingerprint density at radius 1 is 0.385 bits per heavy atom. The Kier molecular flexibility index (Phi) is 6.27. The van der Waals surface area contributed by atoms with E-state index in [1.165, 1.54) is 108 Å². The molecule has 0 radical (unpaired) electrons. The SMILES string of the molecule is CC1(C)c2cc(-c3c4ccccc4c(-c4ccc(-c5ccccc5)cc4)c4ccccc34)ccc2-c2c1c1ccccc1c1sc3ccccc3c21. The van der Waals surface area contributed by atoms with Crippen LogP contribution >= 0.6 is 11.3 Å². The quantitative estimate of drug-likeness (QED) is 0.163. The molecule has 1 heteroatoms. The van der Waals surface area contributed by atoms with Gasteiger partial charge in [0.1, 0.15) is 0 Å². The van der Waals surface area contributed by atoms with Crippen LogP contribution in [0.15, 0.2) is 170 Å². The molecule has 0 saturated heterocycles. The molecular weight excluding hydrogens is 645 g/mol. The predicted molar refractivity (Wildman–Crippen MR) is 226 cm³/mol. The highest BCUT2D eigenvalue weighted by Gasteiger charge is 2.39. The first-order valence-electron chi connectivity index (χ1n) is 18.2. The van der Waals surface area contributed by atoms with Gasteiger partial charge in [0, 0.05) is 25.6 Å². The summed E-state index contributed by atoms with van der Waals surface area (Å²) in [4.78, 5) is 0. The van der Waals surface area contributed by atoms with E-state index < -0.39 is 0 Å². The zero-order chi connectivity index (χ0) is 34.6. The van der Waals surface area contributed by atoms with Gasteiger partial charge in [0.05, 0.1) is 0 Å². The van der Waals surface area contributed by atoms with Crippen LogP contribution < -0.4 is 0 Å². The van der Waals surface area contributed by atoms with E-state index in [4.69, 9.17) is 0 Å². The van der Waals surface area contributed by atoms with Gasteiger partial charge in [-0.1, -0.05) is 172 Å². The molecule has 0 N–H and O–H groups in total. The summed E-state index contributed by atoms with van der Waals surface area (Å²) in [5.74, 6) is 0. The Morgan fingerprint density at radius 2 is 0.865 bits per heavy atom. The van der Waals surface area contributed by atoms with Crippen molar-refractivity contribution in [1.82, 2.24) is 0 Å².